The van der Waals surface area contributed by atoms with Gasteiger partial charge in [0, 0.05) is 29.9 Å². The fourth-order valence-electron chi connectivity index (χ4n) is 4.37. The summed E-state index contributed by atoms with van der Waals surface area (Å²) in [6, 6.07) is 5.66. The molecule has 4 N–H and O–H groups in total. The fraction of sp³-hybridized carbons (Fsp3) is 0.609. The van der Waals surface area contributed by atoms with Crippen molar-refractivity contribution >= 4 is 35.3 Å². The smallest absolute Gasteiger partial charge is 0.233 e. The number of anilines is 4. The highest BCUT2D eigenvalue weighted by Gasteiger charge is 2.24. The Bertz CT molecular complexity index is 904. The summed E-state index contributed by atoms with van der Waals surface area (Å²) in [6.45, 7) is 3.21. The minimum absolute atomic E-state index is 0.196. The largest absolute Gasteiger partial charge is 0.494 e. The Hall–Kier alpha value is -2.33. The van der Waals surface area contributed by atoms with Gasteiger partial charge in [-0.25, -0.2) is 4.39 Å². The third kappa shape index (κ3) is 6.60. The van der Waals surface area contributed by atoms with Crippen molar-refractivity contribution in [1.29, 1.82) is 0 Å². The number of nitrogens with zero attached hydrogens (tertiary/aromatic N) is 3. The molecule has 33 heavy (non-hydrogen) atoms. The van der Waals surface area contributed by atoms with Crippen LogP contribution in [0.1, 0.15) is 45.4 Å². The summed E-state index contributed by atoms with van der Waals surface area (Å²) in [5.41, 5.74) is 0.548. The summed E-state index contributed by atoms with van der Waals surface area (Å²) < 4.78 is 19.2. The van der Waals surface area contributed by atoms with Crippen LogP contribution in [0.15, 0.2) is 18.2 Å². The number of hydrogen-bond acceptors (Lipinski definition) is 9. The maximum Gasteiger partial charge on any atom is 0.233 e. The molecule has 1 aromatic heterocycles. The predicted octanol–water partition coefficient (Wildman–Crippen LogP) is 4.40. The van der Waals surface area contributed by atoms with Gasteiger partial charge < -0.3 is 26.0 Å². The molecule has 4 rings (SSSR count). The zero-order chi connectivity index (χ0) is 23.0. The van der Waals surface area contributed by atoms with Crippen molar-refractivity contribution in [3.8, 4) is 5.75 Å². The molecule has 0 spiro atoms. The van der Waals surface area contributed by atoms with Gasteiger partial charge in [0.25, 0.3) is 0 Å². The molecule has 3 heterocycles. The Morgan fingerprint density at radius 1 is 1.12 bits per heavy atom. The van der Waals surface area contributed by atoms with Crippen LogP contribution in [0.4, 0.5) is 27.9 Å². The van der Waals surface area contributed by atoms with Crippen LogP contribution in [0, 0.1) is 5.82 Å². The van der Waals surface area contributed by atoms with Crippen LogP contribution in [-0.2, 0) is 0 Å². The van der Waals surface area contributed by atoms with E-state index in [2.05, 4.69) is 38.2 Å². The average molecular weight is 476 g/mol. The average Bonchev–Trinajstić information content (AvgIpc) is 3.22. The molecular formula is C23H34FN7OS. The highest BCUT2D eigenvalue weighted by Crippen LogP contribution is 2.25. The van der Waals surface area contributed by atoms with Crippen LogP contribution >= 0.6 is 11.8 Å². The first-order chi connectivity index (χ1) is 16.1. The first kappa shape index (κ1) is 23.8. The summed E-state index contributed by atoms with van der Waals surface area (Å²) in [6.07, 6.45) is 6.63. The Morgan fingerprint density at radius 2 is 1.97 bits per heavy atom. The molecule has 2 aliphatic rings. The molecule has 10 heteroatoms. The fourth-order valence-corrected chi connectivity index (χ4v) is 5.40. The van der Waals surface area contributed by atoms with Gasteiger partial charge in [0.05, 0.1) is 7.11 Å². The molecule has 3 atom stereocenters. The van der Waals surface area contributed by atoms with Crippen LogP contribution in [0.5, 0.6) is 5.75 Å². The normalized spacial score (nSPS) is 21.8. The lowest BCUT2D eigenvalue weighted by Crippen LogP contribution is -2.40. The molecule has 1 aromatic carbocycles. The minimum Gasteiger partial charge on any atom is -0.494 e. The van der Waals surface area contributed by atoms with Gasteiger partial charge >= 0.3 is 0 Å². The van der Waals surface area contributed by atoms with Crippen molar-refractivity contribution < 1.29 is 9.13 Å². The van der Waals surface area contributed by atoms with Crippen LogP contribution < -0.4 is 26.0 Å². The number of rotatable bonds is 9. The van der Waals surface area contributed by atoms with Crippen molar-refractivity contribution in [1.82, 2.24) is 20.3 Å². The van der Waals surface area contributed by atoms with Crippen LogP contribution in [0.2, 0.25) is 0 Å². The van der Waals surface area contributed by atoms with Gasteiger partial charge in [-0.05, 0) is 68.7 Å². The van der Waals surface area contributed by atoms with E-state index >= 15 is 0 Å². The number of hydrogen-bond donors (Lipinski definition) is 4. The number of benzene rings is 1. The van der Waals surface area contributed by atoms with Crippen LogP contribution in [0.3, 0.4) is 0 Å². The second kappa shape index (κ2) is 11.7. The lowest BCUT2D eigenvalue weighted by molar-refractivity contribution is 0.386. The second-order valence-electron chi connectivity index (χ2n) is 8.53. The maximum atomic E-state index is 14.2. The lowest BCUT2D eigenvalue weighted by atomic mass is 10.0. The molecule has 2 fully saturated rings. The van der Waals surface area contributed by atoms with Gasteiger partial charge in [0.15, 0.2) is 11.6 Å². The maximum absolute atomic E-state index is 14.2. The number of nitrogens with one attached hydrogen (secondary N) is 4. The number of aromatic nitrogens is 3. The van der Waals surface area contributed by atoms with E-state index in [4.69, 9.17) is 9.72 Å². The van der Waals surface area contributed by atoms with Gasteiger partial charge in [-0.1, -0.05) is 6.92 Å². The minimum atomic E-state index is -0.442. The zero-order valence-electron chi connectivity index (χ0n) is 19.4. The molecule has 2 aliphatic heterocycles. The zero-order valence-corrected chi connectivity index (χ0v) is 20.2. The standard InChI is InChI=1S/C23H34FN7OS/c1-3-18(19-7-4-11-25-19)28-23-30-21(26-15-6-5-12-33-13-10-15)29-22(31-23)27-16-8-9-20(32-2)17(24)14-16/h8-9,14-15,18-19,25H,3-7,10-13H2,1-2H3,(H3,26,27,28,29,30,31). The van der Waals surface area contributed by atoms with Gasteiger partial charge in [-0.3, -0.25) is 0 Å². The van der Waals surface area contributed by atoms with Crippen LogP contribution in [0.25, 0.3) is 0 Å². The van der Waals surface area contributed by atoms with Gasteiger partial charge in [-0.2, -0.15) is 26.7 Å². The van der Waals surface area contributed by atoms with Crippen molar-refractivity contribution in [2.45, 2.75) is 63.6 Å². The monoisotopic (exact) mass is 475 g/mol. The third-order valence-electron chi connectivity index (χ3n) is 6.17. The van der Waals surface area contributed by atoms with E-state index in [-0.39, 0.29) is 11.8 Å². The van der Waals surface area contributed by atoms with Crippen molar-refractivity contribution in [2.24, 2.45) is 0 Å². The Morgan fingerprint density at radius 3 is 2.73 bits per heavy atom. The second-order valence-corrected chi connectivity index (χ2v) is 9.75. The van der Waals surface area contributed by atoms with E-state index < -0.39 is 5.82 Å². The van der Waals surface area contributed by atoms with Crippen molar-refractivity contribution in [2.75, 3.05) is 41.1 Å². The number of halogens is 1. The summed E-state index contributed by atoms with van der Waals surface area (Å²) in [7, 11) is 1.45. The van der Waals surface area contributed by atoms with Gasteiger partial charge in [0.2, 0.25) is 17.8 Å². The highest BCUT2D eigenvalue weighted by atomic mass is 32.2. The number of ether oxygens (including phenoxy) is 1. The number of methoxy groups -OCH3 is 1. The van der Waals surface area contributed by atoms with E-state index in [9.17, 15) is 4.39 Å². The molecule has 0 aliphatic carbocycles. The Balaban J connectivity index is 1.56. The number of thioether (sulfide) groups is 1. The van der Waals surface area contributed by atoms with Crippen molar-refractivity contribution in [3.63, 3.8) is 0 Å². The molecule has 180 valence electrons. The highest BCUT2D eigenvalue weighted by molar-refractivity contribution is 7.99. The van der Waals surface area contributed by atoms with Gasteiger partial charge in [0.1, 0.15) is 0 Å². The third-order valence-corrected chi connectivity index (χ3v) is 7.27. The van der Waals surface area contributed by atoms with Gasteiger partial charge in [-0.15, -0.1) is 0 Å². The molecule has 8 nitrogen and oxygen atoms in total. The molecule has 2 aromatic rings. The first-order valence-electron chi connectivity index (χ1n) is 11.9. The molecule has 0 radical (unpaired) electrons. The molecule has 3 unspecified atom stereocenters. The quantitative estimate of drug-likeness (QED) is 0.421. The molecular weight excluding hydrogens is 441 g/mol. The Kier molecular flexibility index (Phi) is 8.44. The molecule has 0 bridgehead atoms. The van der Waals surface area contributed by atoms with E-state index in [0.717, 1.165) is 38.0 Å². The lowest BCUT2D eigenvalue weighted by Gasteiger charge is -2.24. The topological polar surface area (TPSA) is 96.0 Å². The molecule has 2 saturated heterocycles. The SMILES string of the molecule is CCC(Nc1nc(Nc2ccc(OC)c(F)c2)nc(NC2CCCSCC2)n1)C1CCCN1. The Labute approximate surface area is 199 Å². The van der Waals surface area contributed by atoms with Crippen LogP contribution in [-0.4, -0.2) is 58.2 Å². The summed E-state index contributed by atoms with van der Waals surface area (Å²) in [4.78, 5) is 13.9. The van der Waals surface area contributed by atoms with Crippen molar-refractivity contribution in [3.05, 3.63) is 24.0 Å². The summed E-state index contributed by atoms with van der Waals surface area (Å²) in [5.74, 6) is 3.52. The van der Waals surface area contributed by atoms with E-state index in [1.54, 1.807) is 12.1 Å². The summed E-state index contributed by atoms with van der Waals surface area (Å²) in [5, 5.41) is 13.7. The first-order valence-corrected chi connectivity index (χ1v) is 13.0. The predicted molar refractivity (Wildman–Crippen MR) is 133 cm³/mol. The van der Waals surface area contributed by atoms with E-state index in [0.29, 0.717) is 35.6 Å². The summed E-state index contributed by atoms with van der Waals surface area (Å²) >= 11 is 2.00. The van der Waals surface area contributed by atoms with E-state index in [1.165, 1.54) is 31.8 Å². The molecule has 0 amide bonds. The molecule has 0 saturated carbocycles. The van der Waals surface area contributed by atoms with E-state index in [1.807, 2.05) is 11.8 Å².